The number of aromatic nitrogens is 2. The van der Waals surface area contributed by atoms with Crippen LogP contribution in [0.4, 0.5) is 0 Å². The number of nitrogens with one attached hydrogen (secondary N) is 2. The van der Waals surface area contributed by atoms with Gasteiger partial charge in [0.2, 0.25) is 0 Å². The molecule has 2 amide bonds. The van der Waals surface area contributed by atoms with Gasteiger partial charge >= 0.3 is 0 Å². The van der Waals surface area contributed by atoms with Crippen LogP contribution in [0.1, 0.15) is 46.4 Å². The second-order valence-electron chi connectivity index (χ2n) is 5.61. The number of amides is 2. The van der Waals surface area contributed by atoms with Crippen molar-refractivity contribution in [3.05, 3.63) is 58.1 Å². The molecule has 2 heterocycles. The van der Waals surface area contributed by atoms with Gasteiger partial charge in [-0.15, -0.1) is 0 Å². The van der Waals surface area contributed by atoms with Gasteiger partial charge in [-0.3, -0.25) is 9.59 Å². The Balaban J connectivity index is 1.55. The lowest BCUT2D eigenvalue weighted by atomic mass is 10.2. The van der Waals surface area contributed by atoms with E-state index in [1.54, 1.807) is 36.7 Å². The molecular weight excluding hydrogens is 375 g/mol. The van der Waals surface area contributed by atoms with Crippen molar-refractivity contribution in [1.82, 2.24) is 20.6 Å². The smallest absolute Gasteiger partial charge is 0.254 e. The minimum absolute atomic E-state index is 0.203. The number of carbonyl (C=O) groups is 2. The van der Waals surface area contributed by atoms with Crippen molar-refractivity contribution in [2.24, 2.45) is 0 Å². The highest BCUT2D eigenvalue weighted by Crippen LogP contribution is 2.12. The molecule has 138 valence electrons. The maximum Gasteiger partial charge on any atom is 0.254 e. The minimum Gasteiger partial charge on any atom is -0.352 e. The SMILES string of the molecule is O=C(NCCCCCCNC(=O)c1cccnc1Cl)c1cccnc1Cl. The zero-order chi connectivity index (χ0) is 18.8. The number of pyridine rings is 2. The van der Waals surface area contributed by atoms with E-state index in [2.05, 4.69) is 20.6 Å². The van der Waals surface area contributed by atoms with Crippen LogP contribution in [0.3, 0.4) is 0 Å². The Morgan fingerprint density at radius 3 is 1.58 bits per heavy atom. The van der Waals surface area contributed by atoms with Crippen LogP contribution in [0.25, 0.3) is 0 Å². The number of rotatable bonds is 9. The molecule has 0 fully saturated rings. The fraction of sp³-hybridized carbons (Fsp3) is 0.333. The number of carbonyl (C=O) groups excluding carboxylic acids is 2. The summed E-state index contributed by atoms with van der Waals surface area (Å²) >= 11 is 11.8. The van der Waals surface area contributed by atoms with Gasteiger partial charge in [0.1, 0.15) is 10.3 Å². The maximum absolute atomic E-state index is 11.9. The van der Waals surface area contributed by atoms with Gasteiger partial charge in [0.05, 0.1) is 11.1 Å². The third-order valence-corrected chi connectivity index (χ3v) is 4.28. The molecule has 0 unspecified atom stereocenters. The van der Waals surface area contributed by atoms with E-state index in [1.807, 2.05) is 0 Å². The molecule has 0 atom stereocenters. The van der Waals surface area contributed by atoms with Crippen LogP contribution < -0.4 is 10.6 Å². The van der Waals surface area contributed by atoms with Crippen molar-refractivity contribution in [2.45, 2.75) is 25.7 Å². The standard InChI is InChI=1S/C18H20Cl2N4O2/c19-15-13(7-5-11-21-15)17(25)23-9-3-1-2-4-10-24-18(26)14-8-6-12-22-16(14)20/h5-8,11-12H,1-4,9-10H2,(H,23,25)(H,24,26). The second kappa shape index (κ2) is 10.7. The highest BCUT2D eigenvalue weighted by Gasteiger charge is 2.10. The largest absolute Gasteiger partial charge is 0.352 e. The van der Waals surface area contributed by atoms with E-state index in [-0.39, 0.29) is 22.1 Å². The van der Waals surface area contributed by atoms with Crippen LogP contribution >= 0.6 is 23.2 Å². The van der Waals surface area contributed by atoms with Crippen molar-refractivity contribution in [3.8, 4) is 0 Å². The second-order valence-corrected chi connectivity index (χ2v) is 6.33. The zero-order valence-corrected chi connectivity index (χ0v) is 15.7. The maximum atomic E-state index is 11.9. The summed E-state index contributed by atoms with van der Waals surface area (Å²) in [7, 11) is 0. The molecule has 0 bridgehead atoms. The Bertz CT molecular complexity index is 692. The molecule has 0 saturated carbocycles. The molecule has 2 N–H and O–H groups in total. The van der Waals surface area contributed by atoms with E-state index in [4.69, 9.17) is 23.2 Å². The quantitative estimate of drug-likeness (QED) is 0.503. The fourth-order valence-corrected chi connectivity index (χ4v) is 2.72. The van der Waals surface area contributed by atoms with Crippen molar-refractivity contribution in [3.63, 3.8) is 0 Å². The van der Waals surface area contributed by atoms with Gasteiger partial charge in [-0.2, -0.15) is 0 Å². The topological polar surface area (TPSA) is 84.0 Å². The molecule has 2 aromatic rings. The van der Waals surface area contributed by atoms with Crippen LogP contribution in [0.15, 0.2) is 36.7 Å². The average molecular weight is 395 g/mol. The zero-order valence-electron chi connectivity index (χ0n) is 14.2. The van der Waals surface area contributed by atoms with Crippen molar-refractivity contribution < 1.29 is 9.59 Å². The van der Waals surface area contributed by atoms with Gasteiger partial charge in [0, 0.05) is 25.5 Å². The van der Waals surface area contributed by atoms with E-state index in [0.29, 0.717) is 24.2 Å². The third kappa shape index (κ3) is 6.28. The van der Waals surface area contributed by atoms with Crippen LogP contribution in [0.5, 0.6) is 0 Å². The Kier molecular flexibility index (Phi) is 8.31. The molecule has 2 aromatic heterocycles. The van der Waals surface area contributed by atoms with Crippen LogP contribution in [-0.4, -0.2) is 34.9 Å². The Morgan fingerprint density at radius 1 is 0.769 bits per heavy atom. The lowest BCUT2D eigenvalue weighted by Gasteiger charge is -2.07. The summed E-state index contributed by atoms with van der Waals surface area (Å²) in [6, 6.07) is 6.63. The first-order valence-electron chi connectivity index (χ1n) is 8.37. The molecule has 0 aromatic carbocycles. The summed E-state index contributed by atoms with van der Waals surface area (Å²) in [6.45, 7) is 1.14. The van der Waals surface area contributed by atoms with Crippen molar-refractivity contribution >= 4 is 35.0 Å². The van der Waals surface area contributed by atoms with Gasteiger partial charge in [0.25, 0.3) is 11.8 Å². The first-order valence-corrected chi connectivity index (χ1v) is 9.12. The Labute approximate surface area is 162 Å². The number of hydrogen-bond acceptors (Lipinski definition) is 4. The van der Waals surface area contributed by atoms with E-state index in [0.717, 1.165) is 25.7 Å². The molecule has 26 heavy (non-hydrogen) atoms. The first-order chi connectivity index (χ1) is 12.6. The molecule has 0 aliphatic carbocycles. The summed E-state index contributed by atoms with van der Waals surface area (Å²) in [6.07, 6.45) is 6.69. The lowest BCUT2D eigenvalue weighted by molar-refractivity contribution is 0.0943. The molecule has 2 rings (SSSR count). The van der Waals surface area contributed by atoms with Crippen LogP contribution in [0, 0.1) is 0 Å². The van der Waals surface area contributed by atoms with E-state index < -0.39 is 0 Å². The summed E-state index contributed by atoms with van der Waals surface area (Å²) in [4.78, 5) is 31.6. The van der Waals surface area contributed by atoms with Crippen LogP contribution in [0.2, 0.25) is 10.3 Å². The van der Waals surface area contributed by atoms with E-state index >= 15 is 0 Å². The predicted molar refractivity (Wildman–Crippen MR) is 102 cm³/mol. The summed E-state index contributed by atoms with van der Waals surface area (Å²) in [5.41, 5.74) is 0.761. The van der Waals surface area contributed by atoms with Gasteiger partial charge in [-0.25, -0.2) is 9.97 Å². The molecule has 0 radical (unpaired) electrons. The first kappa shape index (κ1) is 20.1. The van der Waals surface area contributed by atoms with Gasteiger partial charge in [-0.05, 0) is 37.1 Å². The lowest BCUT2D eigenvalue weighted by Crippen LogP contribution is -2.25. The number of hydrogen-bond donors (Lipinski definition) is 2. The van der Waals surface area contributed by atoms with Crippen LogP contribution in [-0.2, 0) is 0 Å². The minimum atomic E-state index is -0.219. The molecule has 6 nitrogen and oxygen atoms in total. The Morgan fingerprint density at radius 2 is 1.19 bits per heavy atom. The number of unbranched alkanes of at least 4 members (excludes halogenated alkanes) is 3. The summed E-state index contributed by atoms with van der Waals surface area (Å²) < 4.78 is 0. The molecule has 8 heteroatoms. The molecule has 0 aliphatic heterocycles. The van der Waals surface area contributed by atoms with Gasteiger partial charge in [-0.1, -0.05) is 36.0 Å². The molecule has 0 spiro atoms. The fourth-order valence-electron chi connectivity index (χ4n) is 2.31. The molecular formula is C18H20Cl2N4O2. The predicted octanol–water partition coefficient (Wildman–Crippen LogP) is 3.50. The third-order valence-electron chi connectivity index (χ3n) is 3.68. The summed E-state index contributed by atoms with van der Waals surface area (Å²) in [5.74, 6) is -0.438. The molecule has 0 saturated heterocycles. The van der Waals surface area contributed by atoms with Gasteiger partial charge in [0.15, 0.2) is 0 Å². The van der Waals surface area contributed by atoms with Gasteiger partial charge < -0.3 is 10.6 Å². The normalized spacial score (nSPS) is 10.4. The highest BCUT2D eigenvalue weighted by atomic mass is 35.5. The van der Waals surface area contributed by atoms with E-state index in [1.165, 1.54) is 0 Å². The van der Waals surface area contributed by atoms with Crippen molar-refractivity contribution in [1.29, 1.82) is 0 Å². The Hall–Kier alpha value is -2.18. The van der Waals surface area contributed by atoms with E-state index in [9.17, 15) is 9.59 Å². The monoisotopic (exact) mass is 394 g/mol. The number of nitrogens with zero attached hydrogens (tertiary/aromatic N) is 2. The number of halogens is 2. The average Bonchev–Trinajstić information content (AvgIpc) is 2.64. The molecule has 0 aliphatic rings. The summed E-state index contributed by atoms with van der Waals surface area (Å²) in [5, 5.41) is 6.05. The highest BCUT2D eigenvalue weighted by molar-refractivity contribution is 6.33. The van der Waals surface area contributed by atoms with Crippen molar-refractivity contribution in [2.75, 3.05) is 13.1 Å².